The molecule has 1 aliphatic heterocycles. The number of nitrogens with two attached hydrogens (primary N) is 1. The summed E-state index contributed by atoms with van der Waals surface area (Å²) in [6, 6.07) is 5.87. The second-order valence-electron chi connectivity index (χ2n) is 5.71. The van der Waals surface area contributed by atoms with Crippen LogP contribution < -0.4 is 10.6 Å². The van der Waals surface area contributed by atoms with E-state index in [4.69, 9.17) is 11.1 Å². The summed E-state index contributed by atoms with van der Waals surface area (Å²) in [6.45, 7) is 3.47. The van der Waals surface area contributed by atoms with Crippen LogP contribution >= 0.6 is 15.9 Å². The summed E-state index contributed by atoms with van der Waals surface area (Å²) in [6.07, 6.45) is 2.54. The molecule has 0 atom stereocenters. The van der Waals surface area contributed by atoms with Crippen LogP contribution in [-0.2, 0) is 0 Å². The van der Waals surface area contributed by atoms with Crippen LogP contribution in [0.2, 0.25) is 0 Å². The van der Waals surface area contributed by atoms with Crippen molar-refractivity contribution in [2.45, 2.75) is 12.8 Å². The first-order valence-corrected chi connectivity index (χ1v) is 7.80. The third-order valence-corrected chi connectivity index (χ3v) is 4.68. The number of anilines is 1. The van der Waals surface area contributed by atoms with Crippen molar-refractivity contribution in [1.29, 1.82) is 5.41 Å². The first kappa shape index (κ1) is 15.3. The molecule has 5 heteroatoms. The van der Waals surface area contributed by atoms with Gasteiger partial charge in [-0.2, -0.15) is 0 Å². The van der Waals surface area contributed by atoms with Gasteiger partial charge in [0.05, 0.1) is 5.69 Å². The van der Waals surface area contributed by atoms with Crippen molar-refractivity contribution in [3.8, 4) is 0 Å². The molecule has 0 aliphatic carbocycles. The molecule has 1 aliphatic rings. The van der Waals surface area contributed by atoms with Gasteiger partial charge in [-0.1, -0.05) is 0 Å². The fourth-order valence-corrected chi connectivity index (χ4v) is 3.40. The van der Waals surface area contributed by atoms with E-state index in [1.807, 2.05) is 18.2 Å². The molecule has 0 radical (unpaired) electrons. The van der Waals surface area contributed by atoms with Crippen molar-refractivity contribution in [2.24, 2.45) is 11.7 Å². The maximum absolute atomic E-state index is 7.47. The minimum atomic E-state index is 0.107. The van der Waals surface area contributed by atoms with E-state index in [1.54, 1.807) is 0 Å². The number of nitrogen functional groups attached to an aromatic ring is 1. The standard InChI is InChI=1S/C15H23BrN4/c1-19-7-5-11(6-8-19)10-20(2)14-4-3-12(15(17)18)9-13(14)16/h3-4,9,11H,5-8,10H2,1-2H3,(H3,17,18). The van der Waals surface area contributed by atoms with Crippen LogP contribution in [0.4, 0.5) is 5.69 Å². The molecule has 2 rings (SSSR count). The van der Waals surface area contributed by atoms with Crippen LogP contribution in [0.15, 0.2) is 22.7 Å². The fraction of sp³-hybridized carbons (Fsp3) is 0.533. The van der Waals surface area contributed by atoms with Crippen molar-refractivity contribution < 1.29 is 0 Å². The molecule has 1 heterocycles. The zero-order valence-electron chi connectivity index (χ0n) is 12.2. The van der Waals surface area contributed by atoms with Crippen LogP contribution in [-0.4, -0.2) is 44.5 Å². The molecule has 0 saturated carbocycles. The molecule has 0 spiro atoms. The second kappa shape index (κ2) is 6.59. The number of benzene rings is 1. The summed E-state index contributed by atoms with van der Waals surface area (Å²) in [7, 11) is 4.32. The average molecular weight is 339 g/mol. The zero-order chi connectivity index (χ0) is 14.7. The Hall–Kier alpha value is -1.07. The van der Waals surface area contributed by atoms with E-state index in [0.29, 0.717) is 0 Å². The molecule has 1 aromatic carbocycles. The lowest BCUT2D eigenvalue weighted by Crippen LogP contribution is -2.35. The first-order valence-electron chi connectivity index (χ1n) is 7.01. The van der Waals surface area contributed by atoms with Crippen molar-refractivity contribution >= 4 is 27.5 Å². The number of hydrogen-bond donors (Lipinski definition) is 2. The second-order valence-corrected chi connectivity index (χ2v) is 6.56. The van der Waals surface area contributed by atoms with Gasteiger partial charge < -0.3 is 15.5 Å². The Kier molecular flexibility index (Phi) is 5.05. The molecule has 0 aromatic heterocycles. The third kappa shape index (κ3) is 3.73. The van der Waals surface area contributed by atoms with Crippen LogP contribution in [0.1, 0.15) is 18.4 Å². The third-order valence-electron chi connectivity index (χ3n) is 4.04. The van der Waals surface area contributed by atoms with Gasteiger partial charge in [-0.05, 0) is 73.0 Å². The largest absolute Gasteiger partial charge is 0.384 e. The molecule has 1 aromatic rings. The average Bonchev–Trinajstić information content (AvgIpc) is 2.41. The molecule has 0 unspecified atom stereocenters. The molecule has 0 bridgehead atoms. The van der Waals surface area contributed by atoms with Gasteiger partial charge in [0, 0.05) is 23.6 Å². The van der Waals surface area contributed by atoms with E-state index in [9.17, 15) is 0 Å². The molecule has 110 valence electrons. The van der Waals surface area contributed by atoms with E-state index in [2.05, 4.69) is 39.8 Å². The van der Waals surface area contributed by atoms with Gasteiger partial charge in [-0.3, -0.25) is 5.41 Å². The zero-order valence-corrected chi connectivity index (χ0v) is 13.8. The molecular weight excluding hydrogens is 316 g/mol. The number of amidine groups is 1. The van der Waals surface area contributed by atoms with Gasteiger partial charge in [0.15, 0.2) is 0 Å². The van der Waals surface area contributed by atoms with Crippen molar-refractivity contribution in [2.75, 3.05) is 38.6 Å². The first-order chi connectivity index (χ1) is 9.47. The highest BCUT2D eigenvalue weighted by Gasteiger charge is 2.19. The Balaban J connectivity index is 2.02. The Morgan fingerprint density at radius 1 is 1.45 bits per heavy atom. The van der Waals surface area contributed by atoms with Gasteiger partial charge in [-0.25, -0.2) is 0 Å². The summed E-state index contributed by atoms with van der Waals surface area (Å²) in [4.78, 5) is 4.69. The molecule has 1 fully saturated rings. The number of piperidine rings is 1. The number of halogens is 1. The predicted molar refractivity (Wildman–Crippen MR) is 88.6 cm³/mol. The van der Waals surface area contributed by atoms with Gasteiger partial charge in [0.2, 0.25) is 0 Å². The summed E-state index contributed by atoms with van der Waals surface area (Å²) in [5, 5.41) is 7.47. The van der Waals surface area contributed by atoms with Gasteiger partial charge in [-0.15, -0.1) is 0 Å². The molecule has 4 nitrogen and oxygen atoms in total. The number of nitrogens with one attached hydrogen (secondary N) is 1. The molecule has 0 amide bonds. The summed E-state index contributed by atoms with van der Waals surface area (Å²) in [5.74, 6) is 0.866. The lowest BCUT2D eigenvalue weighted by Gasteiger charge is -2.32. The Morgan fingerprint density at radius 2 is 2.10 bits per heavy atom. The molecular formula is C15H23BrN4. The summed E-state index contributed by atoms with van der Waals surface area (Å²) in [5.41, 5.74) is 7.43. The quantitative estimate of drug-likeness (QED) is 0.655. The van der Waals surface area contributed by atoms with E-state index in [1.165, 1.54) is 25.9 Å². The Labute approximate surface area is 129 Å². The highest BCUT2D eigenvalue weighted by Crippen LogP contribution is 2.28. The van der Waals surface area contributed by atoms with Gasteiger partial charge >= 0.3 is 0 Å². The van der Waals surface area contributed by atoms with E-state index < -0.39 is 0 Å². The monoisotopic (exact) mass is 338 g/mol. The number of rotatable bonds is 4. The van der Waals surface area contributed by atoms with E-state index >= 15 is 0 Å². The van der Waals surface area contributed by atoms with Crippen molar-refractivity contribution in [3.05, 3.63) is 28.2 Å². The lowest BCUT2D eigenvalue weighted by atomic mass is 9.96. The van der Waals surface area contributed by atoms with Crippen LogP contribution in [0.5, 0.6) is 0 Å². The van der Waals surface area contributed by atoms with E-state index in [-0.39, 0.29) is 5.84 Å². The highest BCUT2D eigenvalue weighted by molar-refractivity contribution is 9.10. The number of hydrogen-bond acceptors (Lipinski definition) is 3. The van der Waals surface area contributed by atoms with Gasteiger partial charge in [0.25, 0.3) is 0 Å². The van der Waals surface area contributed by atoms with Crippen LogP contribution in [0.3, 0.4) is 0 Å². The van der Waals surface area contributed by atoms with Crippen LogP contribution in [0.25, 0.3) is 0 Å². The number of likely N-dealkylation sites (tertiary alicyclic amines) is 1. The predicted octanol–water partition coefficient (Wildman–Crippen LogP) is 2.51. The van der Waals surface area contributed by atoms with Crippen molar-refractivity contribution in [1.82, 2.24) is 4.90 Å². The van der Waals surface area contributed by atoms with E-state index in [0.717, 1.165) is 28.2 Å². The molecule has 1 saturated heterocycles. The van der Waals surface area contributed by atoms with Crippen LogP contribution in [0, 0.1) is 11.3 Å². The topological polar surface area (TPSA) is 56.4 Å². The minimum absolute atomic E-state index is 0.107. The van der Waals surface area contributed by atoms with Crippen molar-refractivity contribution in [3.63, 3.8) is 0 Å². The number of nitrogens with zero attached hydrogens (tertiary/aromatic N) is 2. The maximum Gasteiger partial charge on any atom is 0.122 e. The smallest absolute Gasteiger partial charge is 0.122 e. The molecule has 3 N–H and O–H groups in total. The minimum Gasteiger partial charge on any atom is -0.384 e. The Bertz CT molecular complexity index is 481. The normalized spacial score (nSPS) is 17.1. The lowest BCUT2D eigenvalue weighted by molar-refractivity contribution is 0.222. The maximum atomic E-state index is 7.47. The highest BCUT2D eigenvalue weighted by atomic mass is 79.9. The summed E-state index contributed by atoms with van der Waals surface area (Å²) >= 11 is 3.59. The fourth-order valence-electron chi connectivity index (χ4n) is 2.71. The SMILES string of the molecule is CN1CCC(CN(C)c2ccc(C(=N)N)cc2Br)CC1. The Morgan fingerprint density at radius 3 is 2.65 bits per heavy atom. The molecule has 20 heavy (non-hydrogen) atoms. The van der Waals surface area contributed by atoms with Gasteiger partial charge in [0.1, 0.15) is 5.84 Å². The summed E-state index contributed by atoms with van der Waals surface area (Å²) < 4.78 is 1.00.